The molecule has 0 saturated heterocycles. The predicted molar refractivity (Wildman–Crippen MR) is 77.5 cm³/mol. The summed E-state index contributed by atoms with van der Waals surface area (Å²) in [5, 5.41) is 9.46. The Labute approximate surface area is 125 Å². The van der Waals surface area contributed by atoms with E-state index in [1.54, 1.807) is 13.0 Å². The number of nitrogens with zero attached hydrogens (tertiary/aromatic N) is 1. The molecule has 1 N–H and O–H groups in total. The molecule has 1 aromatic carbocycles. The zero-order valence-electron chi connectivity index (χ0n) is 10.4. The summed E-state index contributed by atoms with van der Waals surface area (Å²) in [7, 11) is 0. The van der Waals surface area contributed by atoms with Gasteiger partial charge in [-0.1, -0.05) is 23.2 Å². The number of likely N-dealkylation sites (N-methyl/N-ethyl adjacent to an activating group) is 1. The lowest BCUT2D eigenvalue weighted by molar-refractivity contribution is -0.137. The van der Waals surface area contributed by atoms with Gasteiger partial charge in [-0.05, 0) is 25.3 Å². The molecule has 19 heavy (non-hydrogen) atoms. The zero-order valence-corrected chi connectivity index (χ0v) is 12.8. The van der Waals surface area contributed by atoms with Crippen LogP contribution in [-0.4, -0.2) is 41.2 Å². The lowest BCUT2D eigenvalue weighted by atomic mass is 10.2. The number of carbonyl (C=O) groups excluding carboxylic acids is 1. The quantitative estimate of drug-likeness (QED) is 0.846. The minimum absolute atomic E-state index is 0.219. The molecule has 1 amide bonds. The summed E-state index contributed by atoms with van der Waals surface area (Å²) in [6, 6.07) is 3.08. The van der Waals surface area contributed by atoms with Crippen molar-refractivity contribution in [2.75, 3.05) is 19.3 Å². The molecule has 0 aliphatic rings. The molecule has 1 aromatic rings. The summed E-state index contributed by atoms with van der Waals surface area (Å²) in [6.45, 7) is 1.64. The zero-order chi connectivity index (χ0) is 14.6. The highest BCUT2D eigenvalue weighted by Gasteiger charge is 2.20. The van der Waals surface area contributed by atoms with E-state index in [0.717, 1.165) is 4.90 Å². The molecule has 0 aliphatic carbocycles. The topological polar surface area (TPSA) is 57.6 Å². The Balaban J connectivity index is 3.13. The van der Waals surface area contributed by atoms with Crippen molar-refractivity contribution in [2.45, 2.75) is 11.8 Å². The SMILES string of the molecule is CCN(CC(=O)O)C(=O)c1cc(SC)c(Cl)cc1Cl. The number of carboxylic acid groups (broad SMARTS) is 1. The maximum Gasteiger partial charge on any atom is 0.323 e. The van der Waals surface area contributed by atoms with Gasteiger partial charge in [0.2, 0.25) is 0 Å². The molecule has 0 aromatic heterocycles. The molecule has 7 heteroatoms. The van der Waals surface area contributed by atoms with Crippen LogP contribution >= 0.6 is 35.0 Å². The smallest absolute Gasteiger partial charge is 0.323 e. The van der Waals surface area contributed by atoms with E-state index in [2.05, 4.69) is 0 Å². The number of amides is 1. The van der Waals surface area contributed by atoms with Crippen molar-refractivity contribution >= 4 is 46.8 Å². The maximum absolute atomic E-state index is 12.2. The Morgan fingerprint density at radius 3 is 2.42 bits per heavy atom. The molecule has 104 valence electrons. The molecule has 0 saturated carbocycles. The summed E-state index contributed by atoms with van der Waals surface area (Å²) in [5.41, 5.74) is 0.263. The molecular weight excluding hydrogens is 309 g/mol. The Hall–Kier alpha value is -0.910. The average Bonchev–Trinajstić information content (AvgIpc) is 2.35. The second kappa shape index (κ2) is 7.03. The first-order valence-electron chi connectivity index (χ1n) is 5.44. The number of carboxylic acids is 1. The van der Waals surface area contributed by atoms with Gasteiger partial charge in [0.05, 0.1) is 15.6 Å². The Morgan fingerprint density at radius 1 is 1.32 bits per heavy atom. The number of thioether (sulfide) groups is 1. The average molecular weight is 322 g/mol. The van der Waals surface area contributed by atoms with Crippen LogP contribution in [0.15, 0.2) is 17.0 Å². The van der Waals surface area contributed by atoms with E-state index in [1.807, 2.05) is 6.26 Å². The summed E-state index contributed by atoms with van der Waals surface area (Å²) in [4.78, 5) is 24.9. The Kier molecular flexibility index (Phi) is 5.97. The van der Waals surface area contributed by atoms with Crippen molar-refractivity contribution in [1.82, 2.24) is 4.90 Å². The number of rotatable bonds is 5. The highest BCUT2D eigenvalue weighted by atomic mass is 35.5. The first-order chi connectivity index (χ1) is 8.90. The summed E-state index contributed by atoms with van der Waals surface area (Å²) >= 11 is 13.4. The third kappa shape index (κ3) is 4.03. The standard InChI is InChI=1S/C12H13Cl2NO3S/c1-3-15(6-11(16)17)12(18)7-4-10(19-2)9(14)5-8(7)13/h4-5H,3,6H2,1-2H3,(H,16,17). The molecule has 0 radical (unpaired) electrons. The third-order valence-electron chi connectivity index (χ3n) is 2.47. The van der Waals surface area contributed by atoms with Crippen molar-refractivity contribution in [3.8, 4) is 0 Å². The van der Waals surface area contributed by atoms with Crippen LogP contribution in [0.1, 0.15) is 17.3 Å². The fourth-order valence-electron chi connectivity index (χ4n) is 1.51. The maximum atomic E-state index is 12.2. The molecule has 0 unspecified atom stereocenters. The van der Waals surface area contributed by atoms with Crippen LogP contribution in [0, 0.1) is 0 Å². The molecule has 0 spiro atoms. The van der Waals surface area contributed by atoms with Crippen LogP contribution in [0.2, 0.25) is 10.0 Å². The summed E-state index contributed by atoms with van der Waals surface area (Å²) < 4.78 is 0. The normalized spacial score (nSPS) is 10.3. The number of hydrogen-bond donors (Lipinski definition) is 1. The first kappa shape index (κ1) is 16.1. The highest BCUT2D eigenvalue weighted by molar-refractivity contribution is 7.98. The number of aliphatic carboxylic acids is 1. The number of benzene rings is 1. The molecule has 1 rings (SSSR count). The van der Waals surface area contributed by atoms with Crippen molar-refractivity contribution in [1.29, 1.82) is 0 Å². The minimum atomic E-state index is -1.06. The lowest BCUT2D eigenvalue weighted by Crippen LogP contribution is -2.35. The molecule has 0 fully saturated rings. The molecule has 4 nitrogen and oxygen atoms in total. The van der Waals surface area contributed by atoms with E-state index in [4.69, 9.17) is 28.3 Å². The van der Waals surface area contributed by atoms with E-state index in [0.29, 0.717) is 11.6 Å². The van der Waals surface area contributed by atoms with Gasteiger partial charge in [0, 0.05) is 11.4 Å². The van der Waals surface area contributed by atoms with Crippen molar-refractivity contribution < 1.29 is 14.7 Å². The third-order valence-corrected chi connectivity index (χ3v) is 3.98. The van der Waals surface area contributed by atoms with E-state index in [1.165, 1.54) is 22.7 Å². The van der Waals surface area contributed by atoms with Gasteiger partial charge in [-0.2, -0.15) is 0 Å². The van der Waals surface area contributed by atoms with Crippen LogP contribution in [-0.2, 0) is 4.79 Å². The van der Waals surface area contributed by atoms with Gasteiger partial charge in [0.15, 0.2) is 0 Å². The second-order valence-electron chi connectivity index (χ2n) is 3.68. The van der Waals surface area contributed by atoms with Gasteiger partial charge in [-0.3, -0.25) is 9.59 Å². The van der Waals surface area contributed by atoms with E-state index in [-0.39, 0.29) is 17.1 Å². The molecule has 0 aliphatic heterocycles. The fraction of sp³-hybridized carbons (Fsp3) is 0.333. The molecule has 0 atom stereocenters. The van der Waals surface area contributed by atoms with E-state index < -0.39 is 11.9 Å². The number of hydrogen-bond acceptors (Lipinski definition) is 3. The van der Waals surface area contributed by atoms with Crippen LogP contribution in [0.3, 0.4) is 0 Å². The van der Waals surface area contributed by atoms with Crippen molar-refractivity contribution in [3.63, 3.8) is 0 Å². The van der Waals surface area contributed by atoms with Crippen molar-refractivity contribution in [2.24, 2.45) is 0 Å². The van der Waals surface area contributed by atoms with Gasteiger partial charge >= 0.3 is 5.97 Å². The number of carbonyl (C=O) groups is 2. The summed E-state index contributed by atoms with van der Waals surface area (Å²) in [6.07, 6.45) is 1.83. The Bertz CT molecular complexity index is 508. The van der Waals surface area contributed by atoms with E-state index in [9.17, 15) is 9.59 Å². The minimum Gasteiger partial charge on any atom is -0.480 e. The molecular formula is C12H13Cl2NO3S. The van der Waals surface area contributed by atoms with Gasteiger partial charge in [0.1, 0.15) is 6.54 Å². The van der Waals surface area contributed by atoms with Crippen molar-refractivity contribution in [3.05, 3.63) is 27.7 Å². The monoisotopic (exact) mass is 321 g/mol. The van der Waals surface area contributed by atoms with E-state index >= 15 is 0 Å². The second-order valence-corrected chi connectivity index (χ2v) is 5.34. The van der Waals surface area contributed by atoms with Gasteiger partial charge < -0.3 is 10.0 Å². The van der Waals surface area contributed by atoms with Gasteiger partial charge in [0.25, 0.3) is 5.91 Å². The molecule has 0 heterocycles. The van der Waals surface area contributed by atoms with Crippen LogP contribution < -0.4 is 0 Å². The number of halogens is 2. The fourth-order valence-corrected chi connectivity index (χ4v) is 2.70. The summed E-state index contributed by atoms with van der Waals surface area (Å²) in [5.74, 6) is -1.48. The van der Waals surface area contributed by atoms with Crippen LogP contribution in [0.4, 0.5) is 0 Å². The van der Waals surface area contributed by atoms with Gasteiger partial charge in [-0.15, -0.1) is 11.8 Å². The van der Waals surface area contributed by atoms with Gasteiger partial charge in [-0.25, -0.2) is 0 Å². The lowest BCUT2D eigenvalue weighted by Gasteiger charge is -2.19. The largest absolute Gasteiger partial charge is 0.480 e. The molecule has 0 bridgehead atoms. The predicted octanol–water partition coefficient (Wildman–Crippen LogP) is 3.26. The first-order valence-corrected chi connectivity index (χ1v) is 7.42. The Morgan fingerprint density at radius 2 is 1.95 bits per heavy atom. The van der Waals surface area contributed by atoms with Crippen LogP contribution in [0.5, 0.6) is 0 Å². The highest BCUT2D eigenvalue weighted by Crippen LogP contribution is 2.31. The van der Waals surface area contributed by atoms with Crippen LogP contribution in [0.25, 0.3) is 0 Å².